The van der Waals surface area contributed by atoms with Crippen LogP contribution in [0.2, 0.25) is 0 Å². The Morgan fingerprint density at radius 2 is 1.86 bits per heavy atom. The van der Waals surface area contributed by atoms with Crippen molar-refractivity contribution in [3.63, 3.8) is 0 Å². The van der Waals surface area contributed by atoms with Crippen molar-refractivity contribution >= 4 is 11.6 Å². The predicted molar refractivity (Wildman–Crippen MR) is 107 cm³/mol. The summed E-state index contributed by atoms with van der Waals surface area (Å²) in [6.07, 6.45) is 5.32. The van der Waals surface area contributed by atoms with Gasteiger partial charge in [0.15, 0.2) is 11.8 Å². The Kier molecular flexibility index (Phi) is 5.18. The lowest BCUT2D eigenvalue weighted by atomic mass is 10.2. The molecular weight excluding hydrogens is 357 g/mol. The minimum absolute atomic E-state index is 0.217. The smallest absolute Gasteiger partial charge is 0.191 e. The van der Waals surface area contributed by atoms with Gasteiger partial charge in [-0.25, -0.2) is 19.0 Å². The molecule has 144 valence electrons. The Balaban J connectivity index is 1.35. The van der Waals surface area contributed by atoms with Crippen LogP contribution in [0.4, 0.5) is 10.1 Å². The molecule has 3 aromatic rings. The molecule has 1 saturated heterocycles. The molecule has 1 fully saturated rings. The predicted octanol–water partition coefficient (Wildman–Crippen LogP) is 2.04. The third-order valence-electron chi connectivity index (χ3n) is 4.77. The third kappa shape index (κ3) is 4.11. The molecule has 0 bridgehead atoms. The van der Waals surface area contributed by atoms with E-state index < -0.39 is 0 Å². The summed E-state index contributed by atoms with van der Waals surface area (Å²) in [5, 5.41) is 4.19. The lowest BCUT2D eigenvalue weighted by molar-refractivity contribution is 0.380. The summed E-state index contributed by atoms with van der Waals surface area (Å²) in [7, 11) is 0. The summed E-state index contributed by atoms with van der Waals surface area (Å²) in [6, 6.07) is 12.3. The molecule has 1 aliphatic heterocycles. The van der Waals surface area contributed by atoms with Crippen molar-refractivity contribution in [3.8, 4) is 5.82 Å². The molecule has 8 heteroatoms. The van der Waals surface area contributed by atoms with E-state index in [4.69, 9.17) is 5.73 Å². The Bertz CT molecular complexity index is 929. The van der Waals surface area contributed by atoms with Crippen LogP contribution < -0.4 is 10.6 Å². The third-order valence-corrected chi connectivity index (χ3v) is 4.77. The Morgan fingerprint density at radius 1 is 1.07 bits per heavy atom. The molecule has 0 atom stereocenters. The maximum Gasteiger partial charge on any atom is 0.191 e. The van der Waals surface area contributed by atoms with Crippen LogP contribution in [-0.4, -0.2) is 51.8 Å². The number of hydrogen-bond donors (Lipinski definition) is 1. The van der Waals surface area contributed by atoms with Crippen molar-refractivity contribution in [3.05, 3.63) is 72.4 Å². The number of halogens is 1. The van der Waals surface area contributed by atoms with Gasteiger partial charge >= 0.3 is 0 Å². The number of rotatable bonds is 4. The van der Waals surface area contributed by atoms with Crippen molar-refractivity contribution in [2.45, 2.75) is 6.54 Å². The van der Waals surface area contributed by atoms with Gasteiger partial charge in [-0.2, -0.15) is 5.10 Å². The van der Waals surface area contributed by atoms with E-state index >= 15 is 0 Å². The number of nitrogens with zero attached hydrogens (tertiary/aromatic N) is 6. The number of piperazine rings is 1. The zero-order chi connectivity index (χ0) is 19.3. The summed E-state index contributed by atoms with van der Waals surface area (Å²) < 4.78 is 14.8. The monoisotopic (exact) mass is 379 g/mol. The first-order chi connectivity index (χ1) is 13.7. The number of aliphatic imine (C=N–C) groups is 1. The molecule has 0 aliphatic carbocycles. The summed E-state index contributed by atoms with van der Waals surface area (Å²) in [4.78, 5) is 13.2. The largest absolute Gasteiger partial charge is 0.370 e. The minimum atomic E-state index is -0.217. The van der Waals surface area contributed by atoms with Crippen molar-refractivity contribution < 1.29 is 4.39 Å². The van der Waals surface area contributed by atoms with Gasteiger partial charge in [-0.15, -0.1) is 0 Å². The average molecular weight is 379 g/mol. The van der Waals surface area contributed by atoms with Gasteiger partial charge in [0.25, 0.3) is 0 Å². The van der Waals surface area contributed by atoms with Crippen LogP contribution in [-0.2, 0) is 6.54 Å². The van der Waals surface area contributed by atoms with Crippen molar-refractivity contribution in [2.24, 2.45) is 10.7 Å². The van der Waals surface area contributed by atoms with E-state index in [0.29, 0.717) is 12.5 Å². The van der Waals surface area contributed by atoms with Gasteiger partial charge in [-0.3, -0.25) is 0 Å². The SMILES string of the molecule is NC(=NCc1ccnc(-n2cccn2)c1)N1CCN(c2ccc(F)cc2)CC1. The standard InChI is InChI=1S/C20H22FN7/c21-17-2-4-18(5-3-17)26-10-12-27(13-11-26)20(22)24-15-16-6-8-23-19(14-16)28-9-1-7-25-28/h1-9,14H,10-13,15H2,(H2,22,24). The minimum Gasteiger partial charge on any atom is -0.370 e. The van der Waals surface area contributed by atoms with Gasteiger partial charge in [0.05, 0.1) is 6.54 Å². The van der Waals surface area contributed by atoms with Crippen molar-refractivity contribution in [1.29, 1.82) is 0 Å². The van der Waals surface area contributed by atoms with Gasteiger partial charge in [0.1, 0.15) is 5.82 Å². The van der Waals surface area contributed by atoms with E-state index in [1.807, 2.05) is 36.5 Å². The zero-order valence-electron chi connectivity index (χ0n) is 15.4. The lowest BCUT2D eigenvalue weighted by Gasteiger charge is -2.36. The molecule has 1 aromatic carbocycles. The number of guanidine groups is 1. The van der Waals surface area contributed by atoms with Crippen LogP contribution >= 0.6 is 0 Å². The normalized spacial score (nSPS) is 15.1. The molecule has 2 N–H and O–H groups in total. The highest BCUT2D eigenvalue weighted by atomic mass is 19.1. The van der Waals surface area contributed by atoms with Crippen LogP contribution in [0.3, 0.4) is 0 Å². The summed E-state index contributed by atoms with van der Waals surface area (Å²) in [6.45, 7) is 3.69. The number of aromatic nitrogens is 3. The van der Waals surface area contributed by atoms with Crippen molar-refractivity contribution in [2.75, 3.05) is 31.1 Å². The van der Waals surface area contributed by atoms with Crippen LogP contribution in [0.15, 0.2) is 66.0 Å². The summed E-state index contributed by atoms with van der Waals surface area (Å²) >= 11 is 0. The lowest BCUT2D eigenvalue weighted by Crippen LogP contribution is -2.51. The highest BCUT2D eigenvalue weighted by Gasteiger charge is 2.18. The van der Waals surface area contributed by atoms with E-state index in [1.165, 1.54) is 12.1 Å². The summed E-state index contributed by atoms with van der Waals surface area (Å²) in [5.74, 6) is 1.07. The Morgan fingerprint density at radius 3 is 2.57 bits per heavy atom. The maximum atomic E-state index is 13.1. The molecule has 0 radical (unpaired) electrons. The zero-order valence-corrected chi connectivity index (χ0v) is 15.4. The first kappa shape index (κ1) is 18.0. The molecular formula is C20H22FN7. The van der Waals surface area contributed by atoms with Gasteiger partial charge < -0.3 is 15.5 Å². The highest BCUT2D eigenvalue weighted by molar-refractivity contribution is 5.78. The van der Waals surface area contributed by atoms with Crippen LogP contribution in [0.25, 0.3) is 5.82 Å². The second kappa shape index (κ2) is 8.08. The second-order valence-corrected chi connectivity index (χ2v) is 6.60. The van der Waals surface area contributed by atoms with Gasteiger partial charge in [0, 0.05) is 50.5 Å². The second-order valence-electron chi connectivity index (χ2n) is 6.60. The first-order valence-corrected chi connectivity index (χ1v) is 9.19. The van der Waals surface area contributed by atoms with Gasteiger partial charge in [-0.1, -0.05) is 0 Å². The van der Waals surface area contributed by atoms with Crippen LogP contribution in [0, 0.1) is 5.82 Å². The number of nitrogens with two attached hydrogens (primary N) is 1. The molecule has 0 unspecified atom stereocenters. The Labute approximate surface area is 162 Å². The quantitative estimate of drug-likeness (QED) is 0.555. The molecule has 0 spiro atoms. The first-order valence-electron chi connectivity index (χ1n) is 9.19. The fraction of sp³-hybridized carbons (Fsp3) is 0.250. The number of benzene rings is 1. The fourth-order valence-corrected chi connectivity index (χ4v) is 3.21. The molecule has 2 aromatic heterocycles. The average Bonchev–Trinajstić information content (AvgIpc) is 3.28. The molecule has 1 aliphatic rings. The molecule has 3 heterocycles. The molecule has 7 nitrogen and oxygen atoms in total. The molecule has 4 rings (SSSR count). The van der Waals surface area contributed by atoms with E-state index in [1.54, 1.807) is 17.1 Å². The number of pyridine rings is 1. The number of anilines is 1. The van der Waals surface area contributed by atoms with Crippen LogP contribution in [0.5, 0.6) is 0 Å². The van der Waals surface area contributed by atoms with Crippen molar-refractivity contribution in [1.82, 2.24) is 19.7 Å². The van der Waals surface area contributed by atoms with Crippen LogP contribution in [0.1, 0.15) is 5.56 Å². The van der Waals surface area contributed by atoms with Gasteiger partial charge in [-0.05, 0) is 48.0 Å². The van der Waals surface area contributed by atoms with E-state index in [2.05, 4.69) is 24.9 Å². The van der Waals surface area contributed by atoms with E-state index in [9.17, 15) is 4.39 Å². The topological polar surface area (TPSA) is 75.6 Å². The molecule has 28 heavy (non-hydrogen) atoms. The molecule has 0 saturated carbocycles. The molecule has 0 amide bonds. The summed E-state index contributed by atoms with van der Waals surface area (Å²) in [5.41, 5.74) is 8.26. The van der Waals surface area contributed by atoms with E-state index in [-0.39, 0.29) is 5.82 Å². The Hall–Kier alpha value is -3.42. The highest BCUT2D eigenvalue weighted by Crippen LogP contribution is 2.17. The number of hydrogen-bond acceptors (Lipinski definition) is 4. The maximum absolute atomic E-state index is 13.1. The van der Waals surface area contributed by atoms with Gasteiger partial charge in [0.2, 0.25) is 0 Å². The fourth-order valence-electron chi connectivity index (χ4n) is 3.21. The van der Waals surface area contributed by atoms with E-state index in [0.717, 1.165) is 43.2 Å².